The van der Waals surface area contributed by atoms with Crippen LogP contribution in [0, 0.1) is 5.92 Å². The molecule has 0 unspecified atom stereocenters. The molecule has 0 aromatic heterocycles. The third-order valence-electron chi connectivity index (χ3n) is 7.56. The highest BCUT2D eigenvalue weighted by atomic mass is 32.9. The first-order valence-corrected chi connectivity index (χ1v) is 16.8. The molecule has 1 amide bonds. The number of amides is 1. The molecule has 5 atom stereocenters. The summed E-state index contributed by atoms with van der Waals surface area (Å²) in [6.07, 6.45) is 8.65. The summed E-state index contributed by atoms with van der Waals surface area (Å²) in [5, 5.41) is 35.5. The van der Waals surface area contributed by atoms with Crippen molar-refractivity contribution in [3.63, 3.8) is 0 Å². The summed E-state index contributed by atoms with van der Waals surface area (Å²) < 4.78 is 11.1. The zero-order valence-electron chi connectivity index (χ0n) is 24.6. The van der Waals surface area contributed by atoms with Gasteiger partial charge in [-0.1, -0.05) is 64.6 Å². The lowest BCUT2D eigenvalue weighted by Crippen LogP contribution is -2.52. The molecule has 0 bridgehead atoms. The standard InChI is InChI=1S/C30H44N2O8S2/c1-19(14-22-16-24(34)30(38,18-40-22)12-9-10-20(2)21(3)33)15-26(36)39-13-8-6-4-5-7-11-25(35)32-27-28-23(17-41-42-28)31-29(27)37/h9-10,15,17,20-22,24,33-34,38H,4-8,11-14,16,18H2,1-3H3,(H,31,37)(H,32,35)/b10-9+,19-15+/t20-,21+,22-,24+,30+/m1/s1. The van der Waals surface area contributed by atoms with Crippen LogP contribution in [0.3, 0.4) is 0 Å². The topological polar surface area (TPSA) is 158 Å². The number of hydrogen-bond donors (Lipinski definition) is 5. The maximum absolute atomic E-state index is 12.2. The second-order valence-corrected chi connectivity index (χ2v) is 13.4. The first-order chi connectivity index (χ1) is 20.0. The van der Waals surface area contributed by atoms with Crippen molar-refractivity contribution in [2.24, 2.45) is 5.92 Å². The van der Waals surface area contributed by atoms with E-state index in [1.54, 1.807) is 13.0 Å². The fourth-order valence-electron chi connectivity index (χ4n) is 4.72. The molecule has 3 aliphatic heterocycles. The van der Waals surface area contributed by atoms with Crippen molar-refractivity contribution in [3.05, 3.63) is 39.5 Å². The average Bonchev–Trinajstić information content (AvgIpc) is 3.49. The highest BCUT2D eigenvalue weighted by Gasteiger charge is 2.41. The Balaban J connectivity index is 1.24. The van der Waals surface area contributed by atoms with Crippen molar-refractivity contribution in [1.82, 2.24) is 4.98 Å². The quantitative estimate of drug-likeness (QED) is 0.0596. The molecule has 0 aliphatic carbocycles. The summed E-state index contributed by atoms with van der Waals surface area (Å²) in [6.45, 7) is 5.69. The van der Waals surface area contributed by atoms with Crippen LogP contribution in [0.2, 0.25) is 0 Å². The van der Waals surface area contributed by atoms with E-state index in [2.05, 4.69) is 10.3 Å². The molecular weight excluding hydrogens is 580 g/mol. The lowest BCUT2D eigenvalue weighted by Gasteiger charge is -2.40. The minimum Gasteiger partial charge on any atom is -0.463 e. The van der Waals surface area contributed by atoms with Gasteiger partial charge >= 0.3 is 5.97 Å². The number of H-pyrrole nitrogens is 1. The number of aromatic amines is 1. The van der Waals surface area contributed by atoms with E-state index in [1.807, 2.05) is 25.3 Å². The molecular formula is C30H44N2O8S2. The van der Waals surface area contributed by atoms with E-state index in [0.29, 0.717) is 25.1 Å². The smallest absolute Gasteiger partial charge is 0.330 e. The van der Waals surface area contributed by atoms with E-state index in [-0.39, 0.29) is 42.9 Å². The lowest BCUT2D eigenvalue weighted by atomic mass is 9.85. The van der Waals surface area contributed by atoms with Crippen molar-refractivity contribution in [2.45, 2.75) is 102 Å². The third-order valence-corrected chi connectivity index (χ3v) is 9.66. The van der Waals surface area contributed by atoms with Crippen LogP contribution in [0.4, 0.5) is 5.69 Å². The van der Waals surface area contributed by atoms with Gasteiger partial charge in [-0.2, -0.15) is 0 Å². The van der Waals surface area contributed by atoms with Crippen molar-refractivity contribution < 1.29 is 34.4 Å². The number of carbonyl (C=O) groups excluding carboxylic acids is 2. The molecule has 0 radical (unpaired) electrons. The van der Waals surface area contributed by atoms with Gasteiger partial charge in [0.05, 0.1) is 42.1 Å². The normalized spacial score (nSPS) is 22.9. The van der Waals surface area contributed by atoms with Gasteiger partial charge in [-0.25, -0.2) is 4.79 Å². The van der Waals surface area contributed by atoms with E-state index in [1.165, 1.54) is 26.8 Å². The number of esters is 1. The van der Waals surface area contributed by atoms with E-state index < -0.39 is 23.8 Å². The van der Waals surface area contributed by atoms with Gasteiger partial charge in [0.1, 0.15) is 11.3 Å². The van der Waals surface area contributed by atoms with Crippen molar-refractivity contribution >= 4 is 38.2 Å². The summed E-state index contributed by atoms with van der Waals surface area (Å²) >= 11 is 0. The minimum atomic E-state index is -1.38. The third kappa shape index (κ3) is 10.4. The van der Waals surface area contributed by atoms with Crippen molar-refractivity contribution in [2.75, 3.05) is 18.5 Å². The van der Waals surface area contributed by atoms with Gasteiger partial charge in [0.25, 0.3) is 5.56 Å². The van der Waals surface area contributed by atoms with Crippen LogP contribution in [0.1, 0.15) is 78.6 Å². The highest BCUT2D eigenvalue weighted by Crippen LogP contribution is 2.35. The first-order valence-electron chi connectivity index (χ1n) is 14.6. The van der Waals surface area contributed by atoms with Crippen LogP contribution in [-0.4, -0.2) is 69.3 Å². The first kappa shape index (κ1) is 34.1. The van der Waals surface area contributed by atoms with Crippen LogP contribution in [0.25, 0.3) is 10.6 Å². The predicted molar refractivity (Wildman–Crippen MR) is 165 cm³/mol. The van der Waals surface area contributed by atoms with Gasteiger partial charge in [-0.15, -0.1) is 0 Å². The lowest BCUT2D eigenvalue weighted by molar-refractivity contribution is -0.181. The summed E-state index contributed by atoms with van der Waals surface area (Å²) in [7, 11) is 2.97. The molecule has 1 fully saturated rings. The van der Waals surface area contributed by atoms with Crippen LogP contribution in [0.5, 0.6) is 0 Å². The van der Waals surface area contributed by atoms with E-state index in [4.69, 9.17) is 9.47 Å². The number of aromatic nitrogens is 1. The second-order valence-electron chi connectivity index (χ2n) is 11.3. The zero-order valence-corrected chi connectivity index (χ0v) is 26.2. The number of ether oxygens (including phenoxy) is 2. The minimum absolute atomic E-state index is 0.0123. The SMILES string of the molecule is C/C(=C\C(=O)OCCCCCCCC(=O)Nc1c2sscc-2[nH]c1=O)C[C@@H]1C[C@H](O)[C@](O)(C/C=C/[C@@H](C)[C@H](C)O)CO1. The molecule has 12 heteroatoms. The number of rotatable bonds is 16. The molecule has 3 heterocycles. The van der Waals surface area contributed by atoms with Crippen LogP contribution in [-0.2, 0) is 19.1 Å². The monoisotopic (exact) mass is 624 g/mol. The molecule has 0 aromatic rings. The van der Waals surface area contributed by atoms with Gasteiger partial charge in [0.15, 0.2) is 0 Å². The van der Waals surface area contributed by atoms with E-state index >= 15 is 0 Å². The highest BCUT2D eigenvalue weighted by molar-refractivity contribution is 7.70. The fraction of sp³-hybridized carbons (Fsp3) is 0.633. The van der Waals surface area contributed by atoms with Gasteiger partial charge in [0.2, 0.25) is 5.91 Å². The summed E-state index contributed by atoms with van der Waals surface area (Å²) in [4.78, 5) is 39.9. The number of unbranched alkanes of at least 4 members (excludes halogenated alkanes) is 4. The van der Waals surface area contributed by atoms with Gasteiger partial charge in [-0.05, 0) is 45.4 Å². The number of anilines is 1. The number of aliphatic hydroxyl groups excluding tert-OH is 2. The Bertz CT molecular complexity index is 1230. The Morgan fingerprint density at radius 3 is 2.74 bits per heavy atom. The molecule has 42 heavy (non-hydrogen) atoms. The number of hydrogen-bond acceptors (Lipinski definition) is 10. The summed E-state index contributed by atoms with van der Waals surface area (Å²) in [5.41, 5.74) is 0.224. The fourth-order valence-corrected chi connectivity index (χ4v) is 6.88. The number of nitrogens with one attached hydrogen (secondary N) is 2. The molecule has 1 saturated heterocycles. The van der Waals surface area contributed by atoms with E-state index in [0.717, 1.165) is 48.2 Å². The summed E-state index contributed by atoms with van der Waals surface area (Å²) in [5.74, 6) is -0.635. The number of aliphatic hydroxyl groups is 3. The second kappa shape index (κ2) is 16.5. The van der Waals surface area contributed by atoms with Crippen LogP contribution >= 0.6 is 20.7 Å². The summed E-state index contributed by atoms with van der Waals surface area (Å²) in [6, 6.07) is 0. The Labute approximate surface area is 254 Å². The molecule has 10 nitrogen and oxygen atoms in total. The van der Waals surface area contributed by atoms with E-state index in [9.17, 15) is 29.7 Å². The molecule has 234 valence electrons. The zero-order chi connectivity index (χ0) is 30.7. The maximum Gasteiger partial charge on any atom is 0.330 e. The number of fused-ring (bicyclic) bond motifs is 1. The Hall–Kier alpha value is -2.35. The van der Waals surface area contributed by atoms with Crippen molar-refractivity contribution in [1.29, 1.82) is 0 Å². The molecule has 3 aliphatic rings. The van der Waals surface area contributed by atoms with Crippen molar-refractivity contribution in [3.8, 4) is 10.6 Å². The Morgan fingerprint density at radius 2 is 2.00 bits per heavy atom. The molecule has 5 N–H and O–H groups in total. The molecule has 0 saturated carbocycles. The Kier molecular flexibility index (Phi) is 13.4. The molecule has 0 aromatic carbocycles. The maximum atomic E-state index is 12.2. The van der Waals surface area contributed by atoms with Crippen LogP contribution < -0.4 is 10.9 Å². The largest absolute Gasteiger partial charge is 0.463 e. The number of carbonyl (C=O) groups is 2. The Morgan fingerprint density at radius 1 is 1.26 bits per heavy atom. The predicted octanol–water partition coefficient (Wildman–Crippen LogP) is 4.61. The molecule has 0 spiro atoms. The van der Waals surface area contributed by atoms with Gasteiger partial charge in [-0.3, -0.25) is 9.59 Å². The van der Waals surface area contributed by atoms with Gasteiger partial charge < -0.3 is 35.1 Å². The van der Waals surface area contributed by atoms with Crippen LogP contribution in [0.15, 0.2) is 34.0 Å². The van der Waals surface area contributed by atoms with Gasteiger partial charge in [0, 0.05) is 24.3 Å². The molecule has 3 rings (SSSR count). The average molecular weight is 625 g/mol.